The van der Waals surface area contributed by atoms with Crippen LogP contribution in [0.2, 0.25) is 0 Å². The Morgan fingerprint density at radius 2 is 1.74 bits per heavy atom. The van der Waals surface area contributed by atoms with Crippen LogP contribution < -0.4 is 5.32 Å². The molecule has 0 saturated heterocycles. The van der Waals surface area contributed by atoms with Crippen molar-refractivity contribution in [2.75, 3.05) is 5.32 Å². The van der Waals surface area contributed by atoms with Crippen LogP contribution in [0.3, 0.4) is 0 Å². The average molecular weight is 316 g/mol. The van der Waals surface area contributed by atoms with Crippen LogP contribution in [0.15, 0.2) is 40.9 Å². The maximum absolute atomic E-state index is 13.7. The lowest BCUT2D eigenvalue weighted by molar-refractivity contribution is 0.631. The van der Waals surface area contributed by atoms with E-state index >= 15 is 0 Å². The van der Waals surface area contributed by atoms with Crippen molar-refractivity contribution in [1.29, 1.82) is 10.5 Å². The van der Waals surface area contributed by atoms with Crippen molar-refractivity contribution in [2.45, 2.75) is 0 Å². The first-order valence-corrected chi connectivity index (χ1v) is 6.09. The van der Waals surface area contributed by atoms with Crippen molar-refractivity contribution >= 4 is 27.3 Å². The Kier molecular flexibility index (Phi) is 3.79. The second-order valence-corrected chi connectivity index (χ2v) is 4.65. The fourth-order valence-electron chi connectivity index (χ4n) is 1.55. The molecule has 0 atom stereocenters. The molecule has 0 aliphatic rings. The monoisotopic (exact) mass is 315 g/mol. The number of nitrogens with zero attached hydrogens (tertiary/aromatic N) is 2. The first-order chi connectivity index (χ1) is 9.13. The van der Waals surface area contributed by atoms with E-state index in [1.54, 1.807) is 18.2 Å². The van der Waals surface area contributed by atoms with Crippen molar-refractivity contribution in [3.8, 4) is 12.1 Å². The summed E-state index contributed by atoms with van der Waals surface area (Å²) in [6.07, 6.45) is 0. The summed E-state index contributed by atoms with van der Waals surface area (Å²) in [5.74, 6) is -0.536. The number of hydrogen-bond donors (Lipinski definition) is 1. The Labute approximate surface area is 118 Å². The molecule has 0 radical (unpaired) electrons. The molecule has 0 fully saturated rings. The zero-order chi connectivity index (χ0) is 13.8. The van der Waals surface area contributed by atoms with Crippen LogP contribution >= 0.6 is 15.9 Å². The molecule has 0 bridgehead atoms. The number of nitrogens with one attached hydrogen (secondary N) is 1. The van der Waals surface area contributed by atoms with E-state index in [9.17, 15) is 4.39 Å². The molecule has 0 amide bonds. The first-order valence-electron chi connectivity index (χ1n) is 5.30. The highest BCUT2D eigenvalue weighted by Gasteiger charge is 2.07. The van der Waals surface area contributed by atoms with E-state index in [1.165, 1.54) is 12.1 Å². The van der Waals surface area contributed by atoms with E-state index in [2.05, 4.69) is 21.2 Å². The van der Waals surface area contributed by atoms with Crippen molar-refractivity contribution in [3.63, 3.8) is 0 Å². The maximum atomic E-state index is 13.7. The van der Waals surface area contributed by atoms with Gasteiger partial charge in [0.2, 0.25) is 0 Å². The van der Waals surface area contributed by atoms with Gasteiger partial charge in [0.1, 0.15) is 11.9 Å². The molecular formula is C14H7BrFN3. The van der Waals surface area contributed by atoms with E-state index < -0.39 is 5.82 Å². The normalized spacial score (nSPS) is 9.47. The number of halogens is 2. The number of benzene rings is 2. The SMILES string of the molecule is N#Cc1ccc(Nc2ccc(Br)cc2C#N)c(F)c1. The van der Waals surface area contributed by atoms with Gasteiger partial charge in [-0.25, -0.2) is 4.39 Å². The van der Waals surface area contributed by atoms with Gasteiger partial charge in [-0.2, -0.15) is 10.5 Å². The quantitative estimate of drug-likeness (QED) is 0.908. The summed E-state index contributed by atoms with van der Waals surface area (Å²) in [5, 5.41) is 20.5. The zero-order valence-electron chi connectivity index (χ0n) is 9.61. The summed E-state index contributed by atoms with van der Waals surface area (Å²) in [6, 6.07) is 13.1. The number of anilines is 2. The van der Waals surface area contributed by atoms with Crippen LogP contribution in [0.1, 0.15) is 11.1 Å². The van der Waals surface area contributed by atoms with Gasteiger partial charge in [-0.1, -0.05) is 15.9 Å². The van der Waals surface area contributed by atoms with Gasteiger partial charge in [0, 0.05) is 4.47 Å². The molecule has 3 nitrogen and oxygen atoms in total. The predicted octanol–water partition coefficient (Wildman–Crippen LogP) is 4.08. The minimum absolute atomic E-state index is 0.220. The molecule has 0 heterocycles. The Bertz CT molecular complexity index is 714. The molecule has 0 unspecified atom stereocenters. The van der Waals surface area contributed by atoms with E-state index in [1.807, 2.05) is 12.1 Å². The molecule has 0 saturated carbocycles. The van der Waals surface area contributed by atoms with Crippen molar-refractivity contribution in [2.24, 2.45) is 0 Å². The highest BCUT2D eigenvalue weighted by atomic mass is 79.9. The average Bonchev–Trinajstić information content (AvgIpc) is 2.42. The van der Waals surface area contributed by atoms with Gasteiger partial charge in [-0.05, 0) is 36.4 Å². The topological polar surface area (TPSA) is 59.6 Å². The van der Waals surface area contributed by atoms with E-state index in [0.29, 0.717) is 11.3 Å². The largest absolute Gasteiger partial charge is 0.352 e. The highest BCUT2D eigenvalue weighted by Crippen LogP contribution is 2.25. The third-order valence-electron chi connectivity index (χ3n) is 2.47. The van der Waals surface area contributed by atoms with Gasteiger partial charge in [-0.15, -0.1) is 0 Å². The van der Waals surface area contributed by atoms with Crippen LogP contribution in [0.5, 0.6) is 0 Å². The zero-order valence-corrected chi connectivity index (χ0v) is 11.2. The Morgan fingerprint density at radius 1 is 1.00 bits per heavy atom. The Morgan fingerprint density at radius 3 is 2.37 bits per heavy atom. The predicted molar refractivity (Wildman–Crippen MR) is 73.3 cm³/mol. The minimum Gasteiger partial charge on any atom is -0.352 e. The Balaban J connectivity index is 2.37. The summed E-state index contributed by atoms with van der Waals surface area (Å²) in [5.41, 5.74) is 1.38. The second-order valence-electron chi connectivity index (χ2n) is 3.73. The van der Waals surface area contributed by atoms with E-state index in [-0.39, 0.29) is 11.3 Å². The van der Waals surface area contributed by atoms with Crippen LogP contribution in [0.25, 0.3) is 0 Å². The molecule has 0 aromatic heterocycles. The number of rotatable bonds is 2. The number of nitriles is 2. The summed E-state index contributed by atoms with van der Waals surface area (Å²) >= 11 is 3.27. The standard InChI is InChI=1S/C14H7BrFN3/c15-11-2-4-13(10(6-11)8-18)19-14-3-1-9(7-17)5-12(14)16/h1-6,19H. The highest BCUT2D eigenvalue weighted by molar-refractivity contribution is 9.10. The Hall–Kier alpha value is -2.37. The van der Waals surface area contributed by atoms with Crippen LogP contribution in [-0.2, 0) is 0 Å². The molecule has 2 aromatic carbocycles. The molecule has 1 N–H and O–H groups in total. The number of hydrogen-bond acceptors (Lipinski definition) is 3. The van der Waals surface area contributed by atoms with E-state index in [0.717, 1.165) is 10.5 Å². The molecule has 2 aromatic rings. The van der Waals surface area contributed by atoms with Crippen LogP contribution in [0.4, 0.5) is 15.8 Å². The fraction of sp³-hybridized carbons (Fsp3) is 0. The van der Waals surface area contributed by atoms with Gasteiger partial charge < -0.3 is 5.32 Å². The lowest BCUT2D eigenvalue weighted by Crippen LogP contribution is -1.96. The molecule has 2 rings (SSSR count). The van der Waals surface area contributed by atoms with Gasteiger partial charge in [0.15, 0.2) is 0 Å². The molecular weight excluding hydrogens is 309 g/mol. The molecule has 0 aliphatic carbocycles. The van der Waals surface area contributed by atoms with Gasteiger partial charge >= 0.3 is 0 Å². The van der Waals surface area contributed by atoms with Crippen LogP contribution in [-0.4, -0.2) is 0 Å². The summed E-state index contributed by atoms with van der Waals surface area (Å²) in [4.78, 5) is 0. The lowest BCUT2D eigenvalue weighted by Gasteiger charge is -2.09. The summed E-state index contributed by atoms with van der Waals surface area (Å²) < 4.78 is 14.5. The molecule has 5 heteroatoms. The summed E-state index contributed by atoms with van der Waals surface area (Å²) in [7, 11) is 0. The van der Waals surface area contributed by atoms with Gasteiger partial charge in [0.05, 0.1) is 28.6 Å². The third-order valence-corrected chi connectivity index (χ3v) is 2.96. The molecule has 92 valence electrons. The molecule has 19 heavy (non-hydrogen) atoms. The van der Waals surface area contributed by atoms with Crippen LogP contribution in [0, 0.1) is 28.5 Å². The van der Waals surface area contributed by atoms with Gasteiger partial charge in [0.25, 0.3) is 0 Å². The summed E-state index contributed by atoms with van der Waals surface area (Å²) in [6.45, 7) is 0. The first kappa shape index (κ1) is 13.1. The van der Waals surface area contributed by atoms with Crippen molar-refractivity contribution in [3.05, 3.63) is 57.8 Å². The van der Waals surface area contributed by atoms with Crippen molar-refractivity contribution < 1.29 is 4.39 Å². The maximum Gasteiger partial charge on any atom is 0.147 e. The van der Waals surface area contributed by atoms with Gasteiger partial charge in [-0.3, -0.25) is 0 Å². The fourth-order valence-corrected chi connectivity index (χ4v) is 1.91. The lowest BCUT2D eigenvalue weighted by atomic mass is 10.1. The third kappa shape index (κ3) is 2.90. The van der Waals surface area contributed by atoms with E-state index in [4.69, 9.17) is 10.5 Å². The molecule has 0 aliphatic heterocycles. The minimum atomic E-state index is -0.536. The van der Waals surface area contributed by atoms with Crippen molar-refractivity contribution in [1.82, 2.24) is 0 Å². The smallest absolute Gasteiger partial charge is 0.147 e. The molecule has 0 spiro atoms. The second kappa shape index (κ2) is 5.51.